The molecule has 3 rings (SSSR count). The largest absolute Gasteiger partial charge is 0.427 e. The smallest absolute Gasteiger partial charge is 0.310 e. The Balaban J connectivity index is 1.49. The lowest BCUT2D eigenvalue weighted by molar-refractivity contribution is -0.134. The van der Waals surface area contributed by atoms with Crippen LogP contribution in [0.4, 0.5) is 0 Å². The van der Waals surface area contributed by atoms with Gasteiger partial charge in [0.1, 0.15) is 5.75 Å². The summed E-state index contributed by atoms with van der Waals surface area (Å²) in [6.07, 6.45) is 15.7. The molecular formula is C27H38O2. The standard InChI is InChI=1S/C27H38O2/c1-3-5-6-7-8-9-10-21-11-13-22(14-12-21)23-15-16-25-20-26(29-27(28)4-2)18-17-24(25)19-23/h15-22H,3-14H2,1-2H3/t21-,22-. The molecule has 29 heavy (non-hydrogen) atoms. The highest BCUT2D eigenvalue weighted by atomic mass is 16.5. The Morgan fingerprint density at radius 2 is 1.55 bits per heavy atom. The maximum atomic E-state index is 11.5. The van der Waals surface area contributed by atoms with Crippen molar-refractivity contribution >= 4 is 16.7 Å². The fourth-order valence-corrected chi connectivity index (χ4v) is 4.76. The summed E-state index contributed by atoms with van der Waals surface area (Å²) in [6.45, 7) is 4.10. The van der Waals surface area contributed by atoms with E-state index in [4.69, 9.17) is 4.74 Å². The quantitative estimate of drug-likeness (QED) is 0.231. The van der Waals surface area contributed by atoms with Crippen LogP contribution in [0.15, 0.2) is 36.4 Å². The maximum absolute atomic E-state index is 11.5. The van der Waals surface area contributed by atoms with Crippen LogP contribution in [0.3, 0.4) is 0 Å². The van der Waals surface area contributed by atoms with Crippen LogP contribution in [0.5, 0.6) is 5.75 Å². The number of ether oxygens (including phenoxy) is 1. The van der Waals surface area contributed by atoms with Gasteiger partial charge in [0.05, 0.1) is 0 Å². The van der Waals surface area contributed by atoms with Gasteiger partial charge in [-0.3, -0.25) is 4.79 Å². The first kappa shape index (κ1) is 21.9. The summed E-state index contributed by atoms with van der Waals surface area (Å²) in [6, 6.07) is 12.8. The molecule has 2 aromatic carbocycles. The number of hydrogen-bond donors (Lipinski definition) is 0. The minimum atomic E-state index is -0.182. The van der Waals surface area contributed by atoms with Gasteiger partial charge in [0.25, 0.3) is 0 Å². The van der Waals surface area contributed by atoms with Crippen LogP contribution in [0.25, 0.3) is 10.8 Å². The lowest BCUT2D eigenvalue weighted by Gasteiger charge is -2.29. The SMILES string of the molecule is CCCCCCCC[C@H]1CC[C@H](c2ccc3cc(OC(=O)CC)ccc3c2)CC1. The van der Waals surface area contributed by atoms with Crippen molar-refractivity contribution in [3.05, 3.63) is 42.0 Å². The Kier molecular flexibility index (Phi) is 8.58. The number of fused-ring (bicyclic) bond motifs is 1. The van der Waals surface area contributed by atoms with Gasteiger partial charge in [-0.05, 0) is 66.0 Å². The molecule has 0 atom stereocenters. The molecule has 1 fully saturated rings. The van der Waals surface area contributed by atoms with Gasteiger partial charge in [0.2, 0.25) is 0 Å². The normalized spacial score (nSPS) is 19.4. The van der Waals surface area contributed by atoms with Crippen molar-refractivity contribution in [2.24, 2.45) is 5.92 Å². The third-order valence-corrected chi connectivity index (χ3v) is 6.64. The second kappa shape index (κ2) is 11.4. The summed E-state index contributed by atoms with van der Waals surface area (Å²) in [5.41, 5.74) is 1.48. The fraction of sp³-hybridized carbons (Fsp3) is 0.593. The summed E-state index contributed by atoms with van der Waals surface area (Å²) in [5.74, 6) is 2.12. The van der Waals surface area contributed by atoms with Crippen molar-refractivity contribution in [3.63, 3.8) is 0 Å². The lowest BCUT2D eigenvalue weighted by atomic mass is 9.76. The highest BCUT2D eigenvalue weighted by molar-refractivity contribution is 5.85. The molecule has 0 spiro atoms. The summed E-state index contributed by atoms with van der Waals surface area (Å²) in [5, 5.41) is 2.39. The zero-order chi connectivity index (χ0) is 20.5. The highest BCUT2D eigenvalue weighted by Gasteiger charge is 2.22. The number of hydrogen-bond acceptors (Lipinski definition) is 2. The number of unbranched alkanes of at least 4 members (excludes halogenated alkanes) is 5. The van der Waals surface area contributed by atoms with Crippen LogP contribution in [-0.4, -0.2) is 5.97 Å². The van der Waals surface area contributed by atoms with E-state index in [1.807, 2.05) is 19.1 Å². The summed E-state index contributed by atoms with van der Waals surface area (Å²) in [4.78, 5) is 11.5. The van der Waals surface area contributed by atoms with E-state index in [9.17, 15) is 4.79 Å². The second-order valence-electron chi connectivity index (χ2n) is 8.87. The Morgan fingerprint density at radius 3 is 2.31 bits per heavy atom. The number of carbonyl (C=O) groups excluding carboxylic acids is 1. The summed E-state index contributed by atoms with van der Waals surface area (Å²) < 4.78 is 5.35. The average molecular weight is 395 g/mol. The van der Waals surface area contributed by atoms with Crippen LogP contribution in [0.2, 0.25) is 0 Å². The van der Waals surface area contributed by atoms with Crippen molar-refractivity contribution < 1.29 is 9.53 Å². The van der Waals surface area contributed by atoms with Crippen molar-refractivity contribution in [2.45, 2.75) is 96.8 Å². The van der Waals surface area contributed by atoms with Gasteiger partial charge in [-0.15, -0.1) is 0 Å². The highest BCUT2D eigenvalue weighted by Crippen LogP contribution is 2.38. The van der Waals surface area contributed by atoms with Gasteiger partial charge in [0, 0.05) is 6.42 Å². The van der Waals surface area contributed by atoms with Crippen molar-refractivity contribution in [1.29, 1.82) is 0 Å². The number of esters is 1. The van der Waals surface area contributed by atoms with E-state index < -0.39 is 0 Å². The van der Waals surface area contributed by atoms with Gasteiger partial charge in [-0.2, -0.15) is 0 Å². The molecule has 0 radical (unpaired) electrons. The van der Waals surface area contributed by atoms with E-state index >= 15 is 0 Å². The lowest BCUT2D eigenvalue weighted by Crippen LogP contribution is -2.13. The zero-order valence-corrected chi connectivity index (χ0v) is 18.4. The van der Waals surface area contributed by atoms with E-state index in [-0.39, 0.29) is 5.97 Å². The first-order chi connectivity index (χ1) is 14.2. The molecule has 2 aromatic rings. The zero-order valence-electron chi connectivity index (χ0n) is 18.4. The van der Waals surface area contributed by atoms with E-state index in [0.29, 0.717) is 18.1 Å². The molecule has 1 aliphatic carbocycles. The van der Waals surface area contributed by atoms with Crippen LogP contribution < -0.4 is 4.74 Å². The molecule has 0 unspecified atom stereocenters. The molecule has 0 saturated heterocycles. The molecule has 2 nitrogen and oxygen atoms in total. The third-order valence-electron chi connectivity index (χ3n) is 6.64. The summed E-state index contributed by atoms with van der Waals surface area (Å²) in [7, 11) is 0. The Hall–Kier alpha value is -1.83. The molecular weight excluding hydrogens is 356 g/mol. The minimum absolute atomic E-state index is 0.182. The van der Waals surface area contributed by atoms with Gasteiger partial charge < -0.3 is 4.74 Å². The van der Waals surface area contributed by atoms with Gasteiger partial charge in [-0.25, -0.2) is 0 Å². The van der Waals surface area contributed by atoms with Crippen molar-refractivity contribution in [2.75, 3.05) is 0 Å². The van der Waals surface area contributed by atoms with Crippen molar-refractivity contribution in [1.82, 2.24) is 0 Å². The number of carbonyl (C=O) groups is 1. The van der Waals surface area contributed by atoms with Crippen LogP contribution >= 0.6 is 0 Å². The maximum Gasteiger partial charge on any atom is 0.310 e. The second-order valence-corrected chi connectivity index (χ2v) is 8.87. The van der Waals surface area contributed by atoms with Gasteiger partial charge in [-0.1, -0.05) is 83.1 Å². The van der Waals surface area contributed by atoms with E-state index in [1.54, 1.807) is 0 Å². The molecule has 158 valence electrons. The predicted molar refractivity (Wildman–Crippen MR) is 123 cm³/mol. The Morgan fingerprint density at radius 1 is 0.862 bits per heavy atom. The van der Waals surface area contributed by atoms with E-state index in [0.717, 1.165) is 11.3 Å². The van der Waals surface area contributed by atoms with Crippen LogP contribution in [-0.2, 0) is 4.79 Å². The van der Waals surface area contributed by atoms with Gasteiger partial charge >= 0.3 is 5.97 Å². The first-order valence-corrected chi connectivity index (χ1v) is 11.9. The monoisotopic (exact) mass is 394 g/mol. The number of rotatable bonds is 10. The van der Waals surface area contributed by atoms with Crippen molar-refractivity contribution in [3.8, 4) is 5.75 Å². The van der Waals surface area contributed by atoms with E-state index in [1.165, 1.54) is 81.6 Å². The Labute approximate surface area is 177 Å². The molecule has 1 saturated carbocycles. The predicted octanol–water partition coefficient (Wildman–Crippen LogP) is 8.18. The van der Waals surface area contributed by atoms with Crippen LogP contribution in [0, 0.1) is 5.92 Å². The molecule has 0 heterocycles. The molecule has 2 heteroatoms. The number of benzene rings is 2. The fourth-order valence-electron chi connectivity index (χ4n) is 4.76. The summed E-state index contributed by atoms with van der Waals surface area (Å²) >= 11 is 0. The Bertz CT molecular complexity index is 771. The molecule has 0 amide bonds. The minimum Gasteiger partial charge on any atom is -0.427 e. The molecule has 1 aliphatic rings. The van der Waals surface area contributed by atoms with Gasteiger partial charge in [0.15, 0.2) is 0 Å². The van der Waals surface area contributed by atoms with E-state index in [2.05, 4.69) is 31.2 Å². The topological polar surface area (TPSA) is 26.3 Å². The molecule has 0 aliphatic heterocycles. The molecule has 0 N–H and O–H groups in total. The molecule has 0 bridgehead atoms. The molecule has 0 aromatic heterocycles. The van der Waals surface area contributed by atoms with Crippen LogP contribution in [0.1, 0.15) is 102 Å². The third kappa shape index (κ3) is 6.59. The first-order valence-electron chi connectivity index (χ1n) is 11.9. The average Bonchev–Trinajstić information content (AvgIpc) is 2.76.